The summed E-state index contributed by atoms with van der Waals surface area (Å²) in [7, 11) is -3.73. The number of hydrogen-bond acceptors (Lipinski definition) is 6. The van der Waals surface area contributed by atoms with E-state index in [4.69, 9.17) is 22.8 Å². The SMILES string of the molecule is C.C.C=CCC(O[Si](C)(C)C(C)(C)C)c1ccco1.CC(C)(C)[Si](C)(C)OC(CC(O)CO)c1ccco1. The fourth-order valence-electron chi connectivity index (χ4n) is 2.93. The van der Waals surface area contributed by atoms with Crippen molar-refractivity contribution in [1.29, 1.82) is 0 Å². The van der Waals surface area contributed by atoms with Gasteiger partial charge in [-0.05, 0) is 67.0 Å². The van der Waals surface area contributed by atoms with Crippen LogP contribution in [0.1, 0.15) is 93.0 Å². The molecule has 0 aliphatic carbocycles. The van der Waals surface area contributed by atoms with Gasteiger partial charge in [-0.1, -0.05) is 62.5 Å². The van der Waals surface area contributed by atoms with Gasteiger partial charge in [-0.2, -0.15) is 0 Å². The van der Waals surface area contributed by atoms with Crippen LogP contribution in [0.2, 0.25) is 36.3 Å². The Morgan fingerprint density at radius 2 is 1.24 bits per heavy atom. The second kappa shape index (κ2) is 16.0. The van der Waals surface area contributed by atoms with Crippen molar-refractivity contribution in [2.45, 2.75) is 124 Å². The molecule has 0 saturated carbocycles. The minimum absolute atomic E-state index is 0. The number of hydrogen-bond donors (Lipinski definition) is 2. The van der Waals surface area contributed by atoms with E-state index in [-0.39, 0.29) is 43.7 Å². The third-order valence-corrected chi connectivity index (χ3v) is 16.3. The van der Waals surface area contributed by atoms with E-state index in [0.717, 1.165) is 12.2 Å². The minimum Gasteiger partial charge on any atom is -0.467 e. The molecule has 3 atom stereocenters. The zero-order chi connectivity index (χ0) is 27.8. The van der Waals surface area contributed by atoms with Crippen LogP contribution in [-0.2, 0) is 8.85 Å². The van der Waals surface area contributed by atoms with E-state index < -0.39 is 22.7 Å². The Morgan fingerprint density at radius 1 is 0.842 bits per heavy atom. The molecule has 6 nitrogen and oxygen atoms in total. The van der Waals surface area contributed by atoms with E-state index >= 15 is 0 Å². The van der Waals surface area contributed by atoms with Crippen LogP contribution in [0.5, 0.6) is 0 Å². The lowest BCUT2D eigenvalue weighted by Crippen LogP contribution is -2.42. The van der Waals surface area contributed by atoms with E-state index in [1.165, 1.54) is 0 Å². The van der Waals surface area contributed by atoms with E-state index in [2.05, 4.69) is 74.3 Å². The molecular formula is C30H58O6Si2. The molecule has 8 heteroatoms. The number of aliphatic hydroxyl groups excluding tert-OH is 2. The number of rotatable bonds is 11. The van der Waals surface area contributed by atoms with Gasteiger partial charge in [-0.15, -0.1) is 6.58 Å². The molecule has 2 heterocycles. The van der Waals surface area contributed by atoms with Gasteiger partial charge < -0.3 is 27.9 Å². The fourth-order valence-corrected chi connectivity index (χ4v) is 5.49. The Morgan fingerprint density at radius 3 is 1.55 bits per heavy atom. The Kier molecular flexibility index (Phi) is 16.3. The molecule has 0 aromatic carbocycles. The van der Waals surface area contributed by atoms with Crippen LogP contribution in [0.3, 0.4) is 0 Å². The Balaban J connectivity index is 0. The van der Waals surface area contributed by atoms with Gasteiger partial charge in [-0.3, -0.25) is 0 Å². The third kappa shape index (κ3) is 11.8. The maximum atomic E-state index is 9.67. The van der Waals surface area contributed by atoms with Crippen LogP contribution < -0.4 is 0 Å². The maximum absolute atomic E-state index is 9.67. The molecular weight excluding hydrogens is 512 g/mol. The predicted molar refractivity (Wildman–Crippen MR) is 165 cm³/mol. The second-order valence-corrected chi connectivity index (χ2v) is 21.9. The maximum Gasteiger partial charge on any atom is 0.193 e. The van der Waals surface area contributed by atoms with Crippen LogP contribution in [0.4, 0.5) is 0 Å². The highest BCUT2D eigenvalue weighted by molar-refractivity contribution is 6.74. The zero-order valence-electron chi connectivity index (χ0n) is 24.1. The smallest absolute Gasteiger partial charge is 0.193 e. The monoisotopic (exact) mass is 570 g/mol. The van der Waals surface area contributed by atoms with Gasteiger partial charge in [0, 0.05) is 6.42 Å². The molecule has 0 aliphatic rings. The van der Waals surface area contributed by atoms with Gasteiger partial charge in [0.05, 0.1) is 25.2 Å². The van der Waals surface area contributed by atoms with Crippen molar-refractivity contribution in [3.63, 3.8) is 0 Å². The summed E-state index contributed by atoms with van der Waals surface area (Å²) in [4.78, 5) is 0. The Hall–Kier alpha value is -1.43. The summed E-state index contributed by atoms with van der Waals surface area (Å²) in [6.07, 6.45) is 5.22. The van der Waals surface area contributed by atoms with Crippen molar-refractivity contribution in [3.05, 3.63) is 61.0 Å². The van der Waals surface area contributed by atoms with Crippen LogP contribution in [-0.4, -0.2) is 39.6 Å². The van der Waals surface area contributed by atoms with E-state index in [1.807, 2.05) is 30.3 Å². The standard InChI is InChI=1S/C14H26O4Si.C14H24O2Si.2CH4/c1-14(2,3)19(4,5)18-13(9-11(16)10-15)12-7-6-8-17-12;1-7-9-13(12-10-8-11-15-12)16-17(5,6)14(2,3)4;;/h6-8,11,13,15-16H,9-10H2,1-5H3;7-8,10-11,13H,1,9H2,2-6H3;2*1H4. The zero-order valence-corrected chi connectivity index (χ0v) is 26.1. The van der Waals surface area contributed by atoms with Gasteiger partial charge in [-0.25, -0.2) is 0 Å². The van der Waals surface area contributed by atoms with Crippen LogP contribution in [0.25, 0.3) is 0 Å². The highest BCUT2D eigenvalue weighted by atomic mass is 28.4. The molecule has 2 rings (SSSR count). The molecule has 0 spiro atoms. The highest BCUT2D eigenvalue weighted by Crippen LogP contribution is 2.41. The van der Waals surface area contributed by atoms with Crippen LogP contribution in [0.15, 0.2) is 58.3 Å². The molecule has 2 aromatic heterocycles. The van der Waals surface area contributed by atoms with Gasteiger partial charge >= 0.3 is 0 Å². The van der Waals surface area contributed by atoms with Crippen molar-refractivity contribution in [3.8, 4) is 0 Å². The molecule has 0 amide bonds. The highest BCUT2D eigenvalue weighted by Gasteiger charge is 2.41. The molecule has 2 N–H and O–H groups in total. The molecule has 38 heavy (non-hydrogen) atoms. The molecule has 222 valence electrons. The lowest BCUT2D eigenvalue weighted by Gasteiger charge is -2.39. The molecule has 0 radical (unpaired) electrons. The molecule has 0 aliphatic heterocycles. The second-order valence-electron chi connectivity index (χ2n) is 12.4. The average molecular weight is 571 g/mol. The van der Waals surface area contributed by atoms with Crippen molar-refractivity contribution in [2.24, 2.45) is 0 Å². The Labute approximate surface area is 235 Å². The molecule has 0 saturated heterocycles. The fraction of sp³-hybridized carbons (Fsp3) is 0.667. The van der Waals surface area contributed by atoms with Gasteiger partial charge in [0.15, 0.2) is 16.6 Å². The normalized spacial score (nSPS) is 14.7. The van der Waals surface area contributed by atoms with Crippen molar-refractivity contribution < 1.29 is 27.9 Å². The molecule has 3 unspecified atom stereocenters. The minimum atomic E-state index is -1.96. The Bertz CT molecular complexity index is 862. The lowest BCUT2D eigenvalue weighted by atomic mass is 10.1. The van der Waals surface area contributed by atoms with Crippen LogP contribution in [0, 0.1) is 0 Å². The van der Waals surface area contributed by atoms with Crippen molar-refractivity contribution in [2.75, 3.05) is 6.61 Å². The lowest BCUT2D eigenvalue weighted by molar-refractivity contribution is 0.0380. The molecule has 0 bridgehead atoms. The summed E-state index contributed by atoms with van der Waals surface area (Å²) < 4.78 is 23.5. The van der Waals surface area contributed by atoms with E-state index in [1.54, 1.807) is 12.5 Å². The van der Waals surface area contributed by atoms with Gasteiger partial charge in [0.2, 0.25) is 0 Å². The van der Waals surface area contributed by atoms with Gasteiger partial charge in [0.25, 0.3) is 0 Å². The summed E-state index contributed by atoms with van der Waals surface area (Å²) >= 11 is 0. The summed E-state index contributed by atoms with van der Waals surface area (Å²) in [5, 5.41) is 19.0. The summed E-state index contributed by atoms with van der Waals surface area (Å²) in [5.74, 6) is 1.60. The first-order chi connectivity index (χ1) is 16.4. The summed E-state index contributed by atoms with van der Waals surface area (Å²) in [6, 6.07) is 7.53. The van der Waals surface area contributed by atoms with E-state index in [0.29, 0.717) is 12.2 Å². The first-order valence-corrected chi connectivity index (χ1v) is 18.6. The molecule has 0 fully saturated rings. The first-order valence-electron chi connectivity index (χ1n) is 12.8. The van der Waals surface area contributed by atoms with E-state index in [9.17, 15) is 5.11 Å². The third-order valence-electron chi connectivity index (χ3n) is 7.28. The average Bonchev–Trinajstić information content (AvgIpc) is 3.45. The number of furan rings is 2. The number of aliphatic hydroxyl groups is 2. The van der Waals surface area contributed by atoms with Crippen LogP contribution >= 0.6 is 0 Å². The first kappa shape index (κ1) is 38.7. The summed E-state index contributed by atoms with van der Waals surface area (Å²) in [5.41, 5.74) is 0. The largest absolute Gasteiger partial charge is 0.467 e. The van der Waals surface area contributed by atoms with Gasteiger partial charge in [0.1, 0.15) is 23.7 Å². The van der Waals surface area contributed by atoms with Crippen molar-refractivity contribution in [1.82, 2.24) is 0 Å². The predicted octanol–water partition coefficient (Wildman–Crippen LogP) is 9.28. The summed E-state index contributed by atoms with van der Waals surface area (Å²) in [6.45, 7) is 25.6. The topological polar surface area (TPSA) is 85.2 Å². The van der Waals surface area contributed by atoms with Crippen molar-refractivity contribution >= 4 is 16.6 Å². The molecule has 2 aromatic rings. The quantitative estimate of drug-likeness (QED) is 0.207.